The highest BCUT2D eigenvalue weighted by Gasteiger charge is 2.12. The summed E-state index contributed by atoms with van der Waals surface area (Å²) in [5.74, 6) is 0.257. The number of carbonyl (C=O) groups is 1. The Morgan fingerprint density at radius 3 is 2.44 bits per heavy atom. The van der Waals surface area contributed by atoms with Crippen molar-refractivity contribution in [3.8, 4) is 5.75 Å². The standard InChI is InChI=1S/C20H25NO5S/c1-3-26-19-9-5-4-7-17(19)8-6-14-21-27(23,24)15-16-10-12-18(13-11-16)20(22)25-2/h4-5,7,9-13,21H,3,6,8,14-15H2,1-2H3. The van der Waals surface area contributed by atoms with Crippen molar-refractivity contribution in [2.24, 2.45) is 0 Å². The van der Waals surface area contributed by atoms with E-state index in [1.807, 2.05) is 31.2 Å². The summed E-state index contributed by atoms with van der Waals surface area (Å²) in [6, 6.07) is 14.1. The molecule has 0 bridgehead atoms. The van der Waals surface area contributed by atoms with Crippen molar-refractivity contribution in [2.75, 3.05) is 20.3 Å². The fraction of sp³-hybridized carbons (Fsp3) is 0.350. The molecular formula is C20H25NO5S. The number of nitrogens with one attached hydrogen (secondary N) is 1. The molecular weight excluding hydrogens is 366 g/mol. The van der Waals surface area contributed by atoms with Crippen LogP contribution in [0.5, 0.6) is 5.75 Å². The lowest BCUT2D eigenvalue weighted by Gasteiger charge is -2.10. The zero-order chi connectivity index (χ0) is 19.7. The number of sulfonamides is 1. The Bertz CT molecular complexity index is 847. The minimum atomic E-state index is -3.45. The van der Waals surface area contributed by atoms with Gasteiger partial charge in [0.15, 0.2) is 0 Å². The van der Waals surface area contributed by atoms with E-state index in [2.05, 4.69) is 9.46 Å². The number of benzene rings is 2. The van der Waals surface area contributed by atoms with Crippen LogP contribution in [0.25, 0.3) is 0 Å². The lowest BCUT2D eigenvalue weighted by atomic mass is 10.1. The van der Waals surface area contributed by atoms with Crippen molar-refractivity contribution >= 4 is 16.0 Å². The molecule has 2 aromatic carbocycles. The van der Waals surface area contributed by atoms with E-state index in [0.717, 1.165) is 17.7 Å². The van der Waals surface area contributed by atoms with E-state index in [9.17, 15) is 13.2 Å². The smallest absolute Gasteiger partial charge is 0.337 e. The molecule has 0 heterocycles. The largest absolute Gasteiger partial charge is 0.494 e. The second-order valence-electron chi connectivity index (χ2n) is 5.99. The van der Waals surface area contributed by atoms with Crippen molar-refractivity contribution in [2.45, 2.75) is 25.5 Å². The van der Waals surface area contributed by atoms with Crippen LogP contribution in [0.4, 0.5) is 0 Å². The number of rotatable bonds is 10. The van der Waals surface area contributed by atoms with Gasteiger partial charge in [-0.05, 0) is 49.1 Å². The SMILES string of the molecule is CCOc1ccccc1CCCNS(=O)(=O)Cc1ccc(C(=O)OC)cc1. The first kappa shape index (κ1) is 20.9. The van der Waals surface area contributed by atoms with Crippen LogP contribution in [0, 0.1) is 0 Å². The third-order valence-corrected chi connectivity index (χ3v) is 5.31. The summed E-state index contributed by atoms with van der Waals surface area (Å²) < 4.78 is 37.3. The van der Waals surface area contributed by atoms with Crippen LogP contribution in [-0.4, -0.2) is 34.6 Å². The van der Waals surface area contributed by atoms with Crippen molar-refractivity contribution in [1.82, 2.24) is 4.72 Å². The Morgan fingerprint density at radius 2 is 1.78 bits per heavy atom. The van der Waals surface area contributed by atoms with Gasteiger partial charge in [0, 0.05) is 6.54 Å². The minimum absolute atomic E-state index is 0.135. The Morgan fingerprint density at radius 1 is 1.07 bits per heavy atom. The average molecular weight is 391 g/mol. The van der Waals surface area contributed by atoms with Gasteiger partial charge in [-0.15, -0.1) is 0 Å². The van der Waals surface area contributed by atoms with E-state index in [4.69, 9.17) is 4.74 Å². The number of hydrogen-bond donors (Lipinski definition) is 1. The van der Waals surface area contributed by atoms with Crippen LogP contribution in [-0.2, 0) is 26.9 Å². The molecule has 1 N–H and O–H groups in total. The number of aryl methyl sites for hydroxylation is 1. The summed E-state index contributed by atoms with van der Waals surface area (Å²) in [5.41, 5.74) is 2.06. The topological polar surface area (TPSA) is 81.7 Å². The fourth-order valence-corrected chi connectivity index (χ4v) is 3.83. The summed E-state index contributed by atoms with van der Waals surface area (Å²) in [6.45, 7) is 2.88. The molecule has 0 spiro atoms. The lowest BCUT2D eigenvalue weighted by molar-refractivity contribution is 0.0600. The predicted molar refractivity (Wildman–Crippen MR) is 104 cm³/mol. The van der Waals surface area contributed by atoms with Crippen LogP contribution < -0.4 is 9.46 Å². The number of hydrogen-bond acceptors (Lipinski definition) is 5. The zero-order valence-electron chi connectivity index (χ0n) is 15.6. The molecule has 0 atom stereocenters. The Labute approximate surface area is 160 Å². The lowest BCUT2D eigenvalue weighted by Crippen LogP contribution is -2.26. The molecule has 7 heteroatoms. The number of ether oxygens (including phenoxy) is 2. The van der Waals surface area contributed by atoms with Gasteiger partial charge in [0.25, 0.3) is 0 Å². The van der Waals surface area contributed by atoms with Crippen molar-refractivity contribution in [3.05, 3.63) is 65.2 Å². The average Bonchev–Trinajstić information content (AvgIpc) is 2.66. The number of para-hydroxylation sites is 1. The van der Waals surface area contributed by atoms with Gasteiger partial charge in [0.2, 0.25) is 10.0 Å². The molecule has 0 unspecified atom stereocenters. The van der Waals surface area contributed by atoms with E-state index < -0.39 is 16.0 Å². The number of esters is 1. The minimum Gasteiger partial charge on any atom is -0.494 e. The second-order valence-corrected chi connectivity index (χ2v) is 7.79. The van der Waals surface area contributed by atoms with Gasteiger partial charge >= 0.3 is 5.97 Å². The monoisotopic (exact) mass is 391 g/mol. The van der Waals surface area contributed by atoms with Crippen LogP contribution >= 0.6 is 0 Å². The Hall–Kier alpha value is -2.38. The maximum atomic E-state index is 12.2. The molecule has 6 nitrogen and oxygen atoms in total. The van der Waals surface area contributed by atoms with Crippen LogP contribution in [0.2, 0.25) is 0 Å². The molecule has 2 rings (SSSR count). The molecule has 0 aliphatic carbocycles. The van der Waals surface area contributed by atoms with Gasteiger partial charge in [0.05, 0.1) is 25.0 Å². The molecule has 0 radical (unpaired) electrons. The molecule has 0 fully saturated rings. The van der Waals surface area contributed by atoms with E-state index in [1.54, 1.807) is 24.3 Å². The van der Waals surface area contributed by atoms with Crippen molar-refractivity contribution < 1.29 is 22.7 Å². The van der Waals surface area contributed by atoms with Gasteiger partial charge in [-0.25, -0.2) is 17.9 Å². The van der Waals surface area contributed by atoms with Crippen molar-refractivity contribution in [1.29, 1.82) is 0 Å². The van der Waals surface area contributed by atoms with E-state index in [1.165, 1.54) is 7.11 Å². The highest BCUT2D eigenvalue weighted by atomic mass is 32.2. The van der Waals surface area contributed by atoms with Gasteiger partial charge in [-0.1, -0.05) is 30.3 Å². The summed E-state index contributed by atoms with van der Waals surface area (Å²) in [6.07, 6.45) is 1.40. The molecule has 0 aliphatic rings. The van der Waals surface area contributed by atoms with Crippen LogP contribution in [0.15, 0.2) is 48.5 Å². The second kappa shape index (κ2) is 10.1. The maximum Gasteiger partial charge on any atom is 0.337 e. The zero-order valence-corrected chi connectivity index (χ0v) is 16.4. The van der Waals surface area contributed by atoms with Gasteiger partial charge in [-0.2, -0.15) is 0 Å². The molecule has 0 amide bonds. The summed E-state index contributed by atoms with van der Waals surface area (Å²) >= 11 is 0. The maximum absolute atomic E-state index is 12.2. The van der Waals surface area contributed by atoms with Gasteiger partial charge < -0.3 is 9.47 Å². The number of carbonyl (C=O) groups excluding carboxylic acids is 1. The normalized spacial score (nSPS) is 11.2. The Kier molecular flexibility index (Phi) is 7.82. The number of methoxy groups -OCH3 is 1. The molecule has 0 aliphatic heterocycles. The van der Waals surface area contributed by atoms with E-state index >= 15 is 0 Å². The van der Waals surface area contributed by atoms with Crippen LogP contribution in [0.3, 0.4) is 0 Å². The van der Waals surface area contributed by atoms with Crippen molar-refractivity contribution in [3.63, 3.8) is 0 Å². The Balaban J connectivity index is 1.84. The molecule has 146 valence electrons. The molecule has 0 aromatic heterocycles. The molecule has 0 saturated carbocycles. The highest BCUT2D eigenvalue weighted by Crippen LogP contribution is 2.19. The predicted octanol–water partition coefficient (Wildman–Crippen LogP) is 2.92. The first-order chi connectivity index (χ1) is 12.9. The fourth-order valence-electron chi connectivity index (χ4n) is 2.64. The quantitative estimate of drug-likeness (QED) is 0.497. The highest BCUT2D eigenvalue weighted by molar-refractivity contribution is 7.88. The van der Waals surface area contributed by atoms with Gasteiger partial charge in [0.1, 0.15) is 5.75 Å². The van der Waals surface area contributed by atoms with E-state index in [0.29, 0.717) is 30.7 Å². The first-order valence-electron chi connectivity index (χ1n) is 8.80. The van der Waals surface area contributed by atoms with Gasteiger partial charge in [-0.3, -0.25) is 0 Å². The molecule has 2 aromatic rings. The summed E-state index contributed by atoms with van der Waals surface area (Å²) in [4.78, 5) is 11.4. The first-order valence-corrected chi connectivity index (χ1v) is 10.5. The van der Waals surface area contributed by atoms with E-state index in [-0.39, 0.29) is 5.75 Å². The summed E-state index contributed by atoms with van der Waals surface area (Å²) in [5, 5.41) is 0. The molecule has 0 saturated heterocycles. The third kappa shape index (κ3) is 6.69. The third-order valence-electron chi connectivity index (χ3n) is 3.95. The van der Waals surface area contributed by atoms with Crippen LogP contribution in [0.1, 0.15) is 34.8 Å². The summed E-state index contributed by atoms with van der Waals surface area (Å²) in [7, 11) is -2.14. The molecule has 27 heavy (non-hydrogen) atoms.